The van der Waals surface area contributed by atoms with Gasteiger partial charge in [0.1, 0.15) is 24.4 Å². The van der Waals surface area contributed by atoms with Crippen LogP contribution in [0, 0.1) is 0 Å². The van der Waals surface area contributed by atoms with Crippen LogP contribution in [0.15, 0.2) is 0 Å². The Labute approximate surface area is 68.6 Å². The monoisotopic (exact) mass is 180 g/mol. The summed E-state index contributed by atoms with van der Waals surface area (Å²) in [4.78, 5) is 0. The Balaban J connectivity index is 2.63. The summed E-state index contributed by atoms with van der Waals surface area (Å²) in [6.45, 7) is -0.526. The number of rotatable bonds is 1. The molecule has 0 amide bonds. The molecule has 1 unspecified atom stereocenters. The second-order valence-corrected chi connectivity index (χ2v) is 2.72. The van der Waals surface area contributed by atoms with E-state index in [0.717, 1.165) is 0 Å². The zero-order chi connectivity index (χ0) is 9.30. The first-order chi connectivity index (χ1) is 5.57. The average molecular weight is 180 g/mol. The van der Waals surface area contributed by atoms with Gasteiger partial charge in [0, 0.05) is 0 Å². The lowest BCUT2D eigenvalue weighted by atomic mass is 10.00. The molecule has 0 bridgehead atoms. The molecule has 0 aromatic carbocycles. The number of ether oxygens (including phenoxy) is 1. The lowest BCUT2D eigenvalue weighted by molar-refractivity contribution is -0.286. The Bertz CT molecular complexity index is 146. The first kappa shape index (κ1) is 9.85. The maximum atomic E-state index is 9.12. The van der Waals surface area contributed by atoms with E-state index in [1.165, 1.54) is 0 Å². The third-order valence-corrected chi connectivity index (χ3v) is 1.87. The van der Waals surface area contributed by atoms with Gasteiger partial charge in [-0.05, 0) is 0 Å². The van der Waals surface area contributed by atoms with E-state index in [-0.39, 0.29) is 0 Å². The van der Waals surface area contributed by atoms with Crippen LogP contribution in [0.2, 0.25) is 0 Å². The van der Waals surface area contributed by atoms with E-state index in [0.29, 0.717) is 0 Å². The van der Waals surface area contributed by atoms with Crippen LogP contribution in [0.4, 0.5) is 0 Å². The van der Waals surface area contributed by atoms with Crippen molar-refractivity contribution in [2.24, 2.45) is 0 Å². The smallest absolute Gasteiger partial charge is 0.184 e. The third kappa shape index (κ3) is 1.58. The molecule has 6 nitrogen and oxygen atoms in total. The maximum absolute atomic E-state index is 9.12. The van der Waals surface area contributed by atoms with Crippen molar-refractivity contribution in [2.75, 3.05) is 6.61 Å². The van der Waals surface area contributed by atoms with Gasteiger partial charge in [0.2, 0.25) is 0 Å². The van der Waals surface area contributed by atoms with Gasteiger partial charge in [-0.2, -0.15) is 0 Å². The van der Waals surface area contributed by atoms with Gasteiger partial charge >= 0.3 is 0 Å². The molecule has 0 spiro atoms. The van der Waals surface area contributed by atoms with Crippen molar-refractivity contribution in [1.82, 2.24) is 0 Å². The molecular weight excluding hydrogens is 168 g/mol. The first-order valence-electron chi connectivity index (χ1n) is 3.56. The molecule has 0 aliphatic carbocycles. The Hall–Kier alpha value is -0.240. The number of aliphatic hydroxyl groups is 5. The Morgan fingerprint density at radius 1 is 0.917 bits per heavy atom. The van der Waals surface area contributed by atoms with E-state index < -0.39 is 37.3 Å². The largest absolute Gasteiger partial charge is 0.394 e. The predicted molar refractivity (Wildman–Crippen MR) is 36.0 cm³/mol. The van der Waals surface area contributed by atoms with E-state index in [1.807, 2.05) is 0 Å². The highest BCUT2D eigenvalue weighted by atomic mass is 16.6. The fourth-order valence-corrected chi connectivity index (χ4v) is 1.08. The molecule has 1 heterocycles. The molecule has 1 aliphatic rings. The van der Waals surface area contributed by atoms with Gasteiger partial charge in [0.15, 0.2) is 6.29 Å². The van der Waals surface area contributed by atoms with E-state index in [4.69, 9.17) is 25.5 Å². The topological polar surface area (TPSA) is 110 Å². The van der Waals surface area contributed by atoms with Crippen LogP contribution in [0.5, 0.6) is 0 Å². The molecule has 6 heteroatoms. The van der Waals surface area contributed by atoms with Crippen LogP contribution in [0.3, 0.4) is 0 Å². The minimum absolute atomic E-state index is 0.526. The molecule has 5 N–H and O–H groups in total. The SMILES string of the molecule is OCC1O[C@H](O)[C@H](O)[C@H](O)[C@@H]1O. The lowest BCUT2D eigenvalue weighted by Gasteiger charge is -2.37. The van der Waals surface area contributed by atoms with Gasteiger partial charge in [0.05, 0.1) is 6.61 Å². The quantitative estimate of drug-likeness (QED) is 0.290. The Morgan fingerprint density at radius 2 is 1.50 bits per heavy atom. The van der Waals surface area contributed by atoms with E-state index >= 15 is 0 Å². The summed E-state index contributed by atoms with van der Waals surface area (Å²) in [6.07, 6.45) is -7.04. The molecule has 12 heavy (non-hydrogen) atoms. The second-order valence-electron chi connectivity index (χ2n) is 2.72. The highest BCUT2D eigenvalue weighted by Gasteiger charge is 2.42. The average Bonchev–Trinajstić information content (AvgIpc) is 2.08. The van der Waals surface area contributed by atoms with Crippen LogP contribution in [0.25, 0.3) is 0 Å². The van der Waals surface area contributed by atoms with Crippen molar-refractivity contribution in [3.63, 3.8) is 0 Å². The van der Waals surface area contributed by atoms with E-state index in [9.17, 15) is 0 Å². The summed E-state index contributed by atoms with van der Waals surface area (Å²) in [5.74, 6) is 0. The van der Waals surface area contributed by atoms with E-state index in [1.54, 1.807) is 0 Å². The summed E-state index contributed by atoms with van der Waals surface area (Å²) in [6, 6.07) is 0. The van der Waals surface area contributed by atoms with E-state index in [2.05, 4.69) is 4.74 Å². The molecule has 0 aromatic heterocycles. The van der Waals surface area contributed by atoms with Crippen LogP contribution in [0.1, 0.15) is 0 Å². The van der Waals surface area contributed by atoms with Gasteiger partial charge in [0.25, 0.3) is 0 Å². The molecule has 1 aliphatic heterocycles. The highest BCUT2D eigenvalue weighted by Crippen LogP contribution is 2.18. The molecular formula is C6H12O6. The fraction of sp³-hybridized carbons (Fsp3) is 1.00. The molecule has 5 atom stereocenters. The van der Waals surface area contributed by atoms with Gasteiger partial charge in [-0.15, -0.1) is 0 Å². The van der Waals surface area contributed by atoms with Crippen LogP contribution in [-0.2, 0) is 4.74 Å². The maximum Gasteiger partial charge on any atom is 0.184 e. The van der Waals surface area contributed by atoms with Crippen molar-refractivity contribution in [3.8, 4) is 0 Å². The zero-order valence-electron chi connectivity index (χ0n) is 6.24. The second kappa shape index (κ2) is 3.65. The van der Waals surface area contributed by atoms with Crippen LogP contribution in [-0.4, -0.2) is 62.8 Å². The molecule has 0 radical (unpaired) electrons. The van der Waals surface area contributed by atoms with Crippen LogP contribution < -0.4 is 0 Å². The third-order valence-electron chi connectivity index (χ3n) is 1.87. The van der Waals surface area contributed by atoms with Crippen molar-refractivity contribution in [3.05, 3.63) is 0 Å². The molecule has 0 saturated carbocycles. The summed E-state index contributed by atoms with van der Waals surface area (Å²) >= 11 is 0. The Kier molecular flexibility index (Phi) is 2.99. The molecule has 1 fully saturated rings. The molecule has 1 rings (SSSR count). The van der Waals surface area contributed by atoms with Crippen molar-refractivity contribution in [2.45, 2.75) is 30.7 Å². The van der Waals surface area contributed by atoms with Gasteiger partial charge in [-0.3, -0.25) is 0 Å². The normalized spacial score (nSPS) is 49.2. The molecule has 0 aromatic rings. The predicted octanol–water partition coefficient (Wildman–Crippen LogP) is -3.22. The number of hydrogen-bond donors (Lipinski definition) is 5. The fourth-order valence-electron chi connectivity index (χ4n) is 1.08. The van der Waals surface area contributed by atoms with Crippen LogP contribution >= 0.6 is 0 Å². The summed E-state index contributed by atoms with van der Waals surface area (Å²) in [7, 11) is 0. The summed E-state index contributed by atoms with van der Waals surface area (Å²) in [5.41, 5.74) is 0. The van der Waals surface area contributed by atoms with Crippen molar-refractivity contribution in [1.29, 1.82) is 0 Å². The molecule has 72 valence electrons. The standard InChI is InChI=1S/C6H12O6/c7-1-2-3(8)4(9)5(10)6(11)12-2/h2-11H,1H2/t2?,3-,4-,5-,6+/m1/s1. The first-order valence-corrected chi connectivity index (χ1v) is 3.56. The zero-order valence-corrected chi connectivity index (χ0v) is 6.24. The lowest BCUT2D eigenvalue weighted by Crippen LogP contribution is -2.58. The van der Waals surface area contributed by atoms with Gasteiger partial charge < -0.3 is 30.3 Å². The van der Waals surface area contributed by atoms with Gasteiger partial charge in [-0.25, -0.2) is 0 Å². The minimum atomic E-state index is -1.57. The van der Waals surface area contributed by atoms with Crippen molar-refractivity contribution < 1.29 is 30.3 Å². The highest BCUT2D eigenvalue weighted by molar-refractivity contribution is 4.87. The summed E-state index contributed by atoms with van der Waals surface area (Å²) < 4.78 is 4.58. The summed E-state index contributed by atoms with van der Waals surface area (Å²) in [5, 5.41) is 44.7. The Morgan fingerprint density at radius 3 is 2.00 bits per heavy atom. The van der Waals surface area contributed by atoms with Gasteiger partial charge in [-0.1, -0.05) is 0 Å². The number of aliphatic hydroxyl groups excluding tert-OH is 5. The minimum Gasteiger partial charge on any atom is -0.394 e. The number of hydrogen-bond acceptors (Lipinski definition) is 6. The van der Waals surface area contributed by atoms with Crippen molar-refractivity contribution >= 4 is 0 Å². The molecule has 1 saturated heterocycles.